The number of hydrogen-bond acceptors (Lipinski definition) is 1. The summed E-state index contributed by atoms with van der Waals surface area (Å²) in [6, 6.07) is 3.54. The number of hydrogen-bond donors (Lipinski definition) is 1. The van der Waals surface area contributed by atoms with E-state index >= 15 is 0 Å². The van der Waals surface area contributed by atoms with Crippen LogP contribution in [0.5, 0.6) is 0 Å². The summed E-state index contributed by atoms with van der Waals surface area (Å²) in [6.45, 7) is 1.10. The molecule has 1 aromatic carbocycles. The minimum absolute atomic E-state index is 0.186. The van der Waals surface area contributed by atoms with Crippen LogP contribution in [0, 0.1) is 5.82 Å². The third-order valence-corrected chi connectivity index (χ3v) is 2.36. The quantitative estimate of drug-likeness (QED) is 0.849. The molecule has 0 radical (unpaired) electrons. The van der Waals surface area contributed by atoms with Crippen molar-refractivity contribution in [2.45, 2.75) is 25.1 Å². The summed E-state index contributed by atoms with van der Waals surface area (Å²) in [5.74, 6) is -8.85. The summed E-state index contributed by atoms with van der Waals surface area (Å²) in [6.07, 6.45) is -5.99. The summed E-state index contributed by atoms with van der Waals surface area (Å²) in [5, 5.41) is 1.43. The molecule has 0 saturated heterocycles. The van der Waals surface area contributed by atoms with Crippen LogP contribution in [0.4, 0.5) is 26.3 Å². The first-order valence-corrected chi connectivity index (χ1v) is 5.07. The number of amides is 1. The van der Waals surface area contributed by atoms with Crippen LogP contribution in [-0.2, 0) is 4.79 Å². The molecule has 19 heavy (non-hydrogen) atoms. The minimum atomic E-state index is -5.99. The molecule has 1 atom stereocenters. The SMILES string of the molecule is C[C@@H](NC(=O)C(F)(F)C(F)(F)F)c1ccccc1F. The number of carbonyl (C=O) groups excluding carboxylic acids is 1. The van der Waals surface area contributed by atoms with E-state index in [1.54, 1.807) is 0 Å². The Kier molecular flexibility index (Phi) is 4.12. The second-order valence-corrected chi connectivity index (χ2v) is 3.79. The lowest BCUT2D eigenvalue weighted by Gasteiger charge is -2.22. The number of alkyl halides is 5. The molecule has 0 spiro atoms. The maximum absolute atomic E-state index is 13.3. The van der Waals surface area contributed by atoms with Gasteiger partial charge in [0.05, 0.1) is 6.04 Å². The van der Waals surface area contributed by atoms with E-state index in [1.165, 1.54) is 23.5 Å². The van der Waals surface area contributed by atoms with E-state index in [1.807, 2.05) is 0 Å². The highest BCUT2D eigenvalue weighted by Gasteiger charge is 2.63. The summed E-state index contributed by atoms with van der Waals surface area (Å²) >= 11 is 0. The highest BCUT2D eigenvalue weighted by atomic mass is 19.4. The molecule has 1 rings (SSSR count). The fraction of sp³-hybridized carbons (Fsp3) is 0.364. The summed E-state index contributed by atoms with van der Waals surface area (Å²) < 4.78 is 74.4. The first-order chi connectivity index (χ1) is 8.57. The third kappa shape index (κ3) is 3.18. The Hall–Kier alpha value is -1.73. The molecule has 0 aromatic heterocycles. The Morgan fingerprint density at radius 1 is 1.16 bits per heavy atom. The van der Waals surface area contributed by atoms with Crippen LogP contribution in [0.2, 0.25) is 0 Å². The number of rotatable bonds is 3. The molecule has 0 fully saturated rings. The van der Waals surface area contributed by atoms with Crippen molar-refractivity contribution in [2.75, 3.05) is 0 Å². The summed E-state index contributed by atoms with van der Waals surface area (Å²) in [7, 11) is 0. The molecule has 0 saturated carbocycles. The van der Waals surface area contributed by atoms with Gasteiger partial charge >= 0.3 is 18.0 Å². The van der Waals surface area contributed by atoms with Crippen LogP contribution in [0.1, 0.15) is 18.5 Å². The second kappa shape index (κ2) is 5.10. The van der Waals surface area contributed by atoms with Crippen LogP contribution in [0.25, 0.3) is 0 Å². The fourth-order valence-corrected chi connectivity index (χ4v) is 1.32. The highest BCUT2D eigenvalue weighted by molar-refractivity contribution is 5.84. The lowest BCUT2D eigenvalue weighted by Crippen LogP contribution is -2.50. The molecule has 0 aliphatic rings. The van der Waals surface area contributed by atoms with Gasteiger partial charge in [0.1, 0.15) is 5.82 Å². The van der Waals surface area contributed by atoms with Gasteiger partial charge in [-0.25, -0.2) is 4.39 Å². The first kappa shape index (κ1) is 15.3. The van der Waals surface area contributed by atoms with Crippen molar-refractivity contribution in [1.29, 1.82) is 0 Å². The standard InChI is InChI=1S/C11H9F6NO/c1-6(7-4-2-3-5-8(7)12)18-9(19)10(13,14)11(15,16)17/h2-6H,1H3,(H,18,19)/t6-/m1/s1. The van der Waals surface area contributed by atoms with Gasteiger partial charge in [0, 0.05) is 5.56 Å². The van der Waals surface area contributed by atoms with Crippen LogP contribution in [0.15, 0.2) is 24.3 Å². The van der Waals surface area contributed by atoms with Gasteiger partial charge in [0.25, 0.3) is 0 Å². The van der Waals surface area contributed by atoms with Crippen molar-refractivity contribution in [3.8, 4) is 0 Å². The van der Waals surface area contributed by atoms with Gasteiger partial charge in [-0.1, -0.05) is 18.2 Å². The highest BCUT2D eigenvalue weighted by Crippen LogP contribution is 2.36. The smallest absolute Gasteiger partial charge is 0.344 e. The largest absolute Gasteiger partial charge is 0.463 e. The van der Waals surface area contributed by atoms with Gasteiger partial charge < -0.3 is 5.32 Å². The number of nitrogens with one attached hydrogen (secondary N) is 1. The maximum atomic E-state index is 13.3. The molecule has 106 valence electrons. The summed E-state index contributed by atoms with van der Waals surface area (Å²) in [5.41, 5.74) is -0.186. The van der Waals surface area contributed by atoms with E-state index in [4.69, 9.17) is 0 Å². The monoisotopic (exact) mass is 285 g/mol. The molecular weight excluding hydrogens is 276 g/mol. The van der Waals surface area contributed by atoms with Crippen molar-refractivity contribution in [2.24, 2.45) is 0 Å². The Morgan fingerprint density at radius 3 is 2.16 bits per heavy atom. The molecule has 0 bridgehead atoms. The molecule has 0 unspecified atom stereocenters. The Bertz CT molecular complexity index is 470. The zero-order chi connectivity index (χ0) is 14.8. The molecule has 0 heterocycles. The first-order valence-electron chi connectivity index (χ1n) is 5.07. The molecule has 2 nitrogen and oxygen atoms in total. The lowest BCUT2D eigenvalue weighted by atomic mass is 10.1. The molecule has 1 N–H and O–H groups in total. The molecule has 0 aliphatic carbocycles. The van der Waals surface area contributed by atoms with Crippen molar-refractivity contribution >= 4 is 5.91 Å². The van der Waals surface area contributed by atoms with Gasteiger partial charge in [-0.3, -0.25) is 4.79 Å². The Labute approximate surface area is 104 Å². The predicted octanol–water partition coefficient (Wildman–Crippen LogP) is 3.20. The van der Waals surface area contributed by atoms with Gasteiger partial charge in [-0.05, 0) is 13.0 Å². The predicted molar refractivity (Wildman–Crippen MR) is 54.0 cm³/mol. The summed E-state index contributed by atoms with van der Waals surface area (Å²) in [4.78, 5) is 10.9. The topological polar surface area (TPSA) is 29.1 Å². The van der Waals surface area contributed by atoms with Gasteiger partial charge in [0.15, 0.2) is 0 Å². The minimum Gasteiger partial charge on any atom is -0.344 e. The van der Waals surface area contributed by atoms with E-state index in [0.717, 1.165) is 13.0 Å². The van der Waals surface area contributed by atoms with E-state index < -0.39 is 29.9 Å². The van der Waals surface area contributed by atoms with E-state index in [9.17, 15) is 31.1 Å². The van der Waals surface area contributed by atoms with Crippen molar-refractivity contribution in [3.63, 3.8) is 0 Å². The number of halogens is 6. The van der Waals surface area contributed by atoms with Crippen LogP contribution < -0.4 is 5.32 Å². The molecule has 1 amide bonds. The fourth-order valence-electron chi connectivity index (χ4n) is 1.32. The van der Waals surface area contributed by atoms with Crippen LogP contribution in [-0.4, -0.2) is 18.0 Å². The zero-order valence-electron chi connectivity index (χ0n) is 9.56. The molecule has 8 heteroatoms. The van der Waals surface area contributed by atoms with Crippen molar-refractivity contribution in [3.05, 3.63) is 35.6 Å². The third-order valence-electron chi connectivity index (χ3n) is 2.36. The van der Waals surface area contributed by atoms with E-state index in [2.05, 4.69) is 0 Å². The second-order valence-electron chi connectivity index (χ2n) is 3.79. The van der Waals surface area contributed by atoms with Crippen molar-refractivity contribution in [1.82, 2.24) is 5.32 Å². The van der Waals surface area contributed by atoms with E-state index in [0.29, 0.717) is 0 Å². The molecule has 1 aromatic rings. The Morgan fingerprint density at radius 2 is 1.68 bits per heavy atom. The number of benzene rings is 1. The van der Waals surface area contributed by atoms with Gasteiger partial charge in [-0.2, -0.15) is 22.0 Å². The normalized spacial score (nSPS) is 14.1. The van der Waals surface area contributed by atoms with Crippen molar-refractivity contribution < 1.29 is 31.1 Å². The molecule has 0 aliphatic heterocycles. The lowest BCUT2D eigenvalue weighted by molar-refractivity contribution is -0.270. The van der Waals surface area contributed by atoms with Gasteiger partial charge in [-0.15, -0.1) is 0 Å². The van der Waals surface area contributed by atoms with Crippen LogP contribution in [0.3, 0.4) is 0 Å². The zero-order valence-corrected chi connectivity index (χ0v) is 9.56. The number of carbonyl (C=O) groups is 1. The van der Waals surface area contributed by atoms with E-state index in [-0.39, 0.29) is 5.56 Å². The maximum Gasteiger partial charge on any atom is 0.463 e. The average molecular weight is 285 g/mol. The Balaban J connectivity index is 2.87. The van der Waals surface area contributed by atoms with Crippen LogP contribution >= 0.6 is 0 Å². The molecular formula is C11H9F6NO. The van der Waals surface area contributed by atoms with Gasteiger partial charge in [0.2, 0.25) is 0 Å². The average Bonchev–Trinajstić information content (AvgIpc) is 2.27.